The normalized spacial score (nSPS) is 10.1. The van der Waals surface area contributed by atoms with Crippen molar-refractivity contribution in [1.29, 1.82) is 0 Å². The van der Waals surface area contributed by atoms with E-state index in [0.717, 1.165) is 21.7 Å². The number of nitrogens with zero attached hydrogens (tertiary/aromatic N) is 2. The van der Waals surface area contributed by atoms with Crippen molar-refractivity contribution in [1.82, 2.24) is 9.97 Å². The highest BCUT2D eigenvalue weighted by Gasteiger charge is 2.01. The van der Waals surface area contributed by atoms with Crippen molar-refractivity contribution in [2.75, 3.05) is 17.7 Å². The molecule has 0 aliphatic heterocycles. The van der Waals surface area contributed by atoms with Crippen LogP contribution in [0.2, 0.25) is 0 Å². The van der Waals surface area contributed by atoms with Crippen LogP contribution in [-0.4, -0.2) is 17.0 Å². The minimum Gasteiger partial charge on any atom is -0.357 e. The third kappa shape index (κ3) is 3.17. The Morgan fingerprint density at radius 3 is 2.71 bits per heavy atom. The minimum absolute atomic E-state index is 0.613. The van der Waals surface area contributed by atoms with Gasteiger partial charge in [-0.25, -0.2) is 4.98 Å². The Bertz CT molecular complexity index is 528. The first-order chi connectivity index (χ1) is 8.17. The lowest BCUT2D eigenvalue weighted by Gasteiger charge is -2.08. The van der Waals surface area contributed by atoms with E-state index >= 15 is 0 Å². The molecule has 4 nitrogen and oxygen atoms in total. The summed E-state index contributed by atoms with van der Waals surface area (Å²) in [6.45, 7) is 1.94. The predicted molar refractivity (Wildman–Crippen MR) is 73.7 cm³/mol. The fraction of sp³-hybridized carbons (Fsp3) is 0.167. The van der Waals surface area contributed by atoms with Gasteiger partial charge in [0.05, 0.1) is 0 Å². The van der Waals surface area contributed by atoms with Gasteiger partial charge in [-0.15, -0.1) is 0 Å². The molecule has 17 heavy (non-hydrogen) atoms. The highest BCUT2D eigenvalue weighted by molar-refractivity contribution is 9.10. The maximum Gasteiger partial charge on any atom is 0.224 e. The summed E-state index contributed by atoms with van der Waals surface area (Å²) < 4.78 is 1.03. The average molecular weight is 293 g/mol. The lowest BCUT2D eigenvalue weighted by Crippen LogP contribution is -2.01. The molecule has 0 spiro atoms. The fourth-order valence-corrected chi connectivity index (χ4v) is 1.86. The molecule has 2 N–H and O–H groups in total. The number of nitrogens with one attached hydrogen (secondary N) is 2. The van der Waals surface area contributed by atoms with Gasteiger partial charge in [0.25, 0.3) is 0 Å². The molecule has 0 atom stereocenters. The first-order valence-corrected chi connectivity index (χ1v) is 6.03. The lowest BCUT2D eigenvalue weighted by molar-refractivity contribution is 1.10. The molecule has 0 aliphatic rings. The van der Waals surface area contributed by atoms with Gasteiger partial charge in [-0.1, -0.05) is 22.0 Å². The molecule has 2 aromatic rings. The van der Waals surface area contributed by atoms with Crippen molar-refractivity contribution in [3.05, 3.63) is 40.5 Å². The molecule has 0 saturated heterocycles. The van der Waals surface area contributed by atoms with Crippen LogP contribution < -0.4 is 10.6 Å². The fourth-order valence-electron chi connectivity index (χ4n) is 1.46. The van der Waals surface area contributed by atoms with Crippen LogP contribution in [0.1, 0.15) is 5.69 Å². The standard InChI is InChI=1S/C12H13BrN4/c1-8-6-11(17-12(14-2)15-8)16-10-5-3-4-9(13)7-10/h3-7H,1-2H3,(H2,14,15,16,17). The van der Waals surface area contributed by atoms with Gasteiger partial charge in [-0.05, 0) is 25.1 Å². The monoisotopic (exact) mass is 292 g/mol. The molecule has 1 aromatic carbocycles. The molecule has 5 heteroatoms. The Balaban J connectivity index is 2.26. The zero-order valence-electron chi connectivity index (χ0n) is 9.66. The van der Waals surface area contributed by atoms with Gasteiger partial charge in [0.15, 0.2) is 0 Å². The molecule has 0 unspecified atom stereocenters. The van der Waals surface area contributed by atoms with Crippen LogP contribution in [0.5, 0.6) is 0 Å². The van der Waals surface area contributed by atoms with E-state index in [0.29, 0.717) is 5.95 Å². The van der Waals surface area contributed by atoms with Crippen LogP contribution in [0, 0.1) is 6.92 Å². The van der Waals surface area contributed by atoms with E-state index in [1.54, 1.807) is 7.05 Å². The molecular formula is C12H13BrN4. The van der Waals surface area contributed by atoms with Crippen LogP contribution in [0.25, 0.3) is 0 Å². The highest BCUT2D eigenvalue weighted by Crippen LogP contribution is 2.20. The van der Waals surface area contributed by atoms with E-state index in [4.69, 9.17) is 0 Å². The molecule has 0 saturated carbocycles. The molecular weight excluding hydrogens is 280 g/mol. The number of hydrogen-bond donors (Lipinski definition) is 2. The van der Waals surface area contributed by atoms with Crippen molar-refractivity contribution in [3.63, 3.8) is 0 Å². The number of aryl methyl sites for hydroxylation is 1. The molecule has 0 radical (unpaired) electrons. The maximum absolute atomic E-state index is 4.33. The predicted octanol–water partition coefficient (Wildman–Crippen LogP) is 3.33. The Kier molecular flexibility index (Phi) is 3.58. The number of benzene rings is 1. The highest BCUT2D eigenvalue weighted by atomic mass is 79.9. The van der Waals surface area contributed by atoms with Gasteiger partial charge in [0, 0.05) is 29.0 Å². The smallest absolute Gasteiger partial charge is 0.224 e. The molecule has 1 aromatic heterocycles. The molecule has 1 heterocycles. The zero-order chi connectivity index (χ0) is 12.3. The largest absolute Gasteiger partial charge is 0.357 e. The topological polar surface area (TPSA) is 49.8 Å². The van der Waals surface area contributed by atoms with Gasteiger partial charge in [0.2, 0.25) is 5.95 Å². The maximum atomic E-state index is 4.33. The summed E-state index contributed by atoms with van der Waals surface area (Å²) in [5, 5.41) is 6.17. The van der Waals surface area contributed by atoms with Crippen molar-refractivity contribution in [3.8, 4) is 0 Å². The van der Waals surface area contributed by atoms with Gasteiger partial charge >= 0.3 is 0 Å². The third-order valence-electron chi connectivity index (χ3n) is 2.17. The summed E-state index contributed by atoms with van der Waals surface area (Å²) in [4.78, 5) is 8.57. The number of halogens is 1. The lowest BCUT2D eigenvalue weighted by atomic mass is 10.3. The summed E-state index contributed by atoms with van der Waals surface area (Å²) in [5.74, 6) is 1.39. The van der Waals surface area contributed by atoms with Crippen molar-refractivity contribution >= 4 is 33.4 Å². The first kappa shape index (κ1) is 11.9. The molecule has 0 amide bonds. The Morgan fingerprint density at radius 1 is 1.18 bits per heavy atom. The summed E-state index contributed by atoms with van der Waals surface area (Å²) >= 11 is 3.43. The summed E-state index contributed by atoms with van der Waals surface area (Å²) in [5.41, 5.74) is 1.90. The van der Waals surface area contributed by atoms with E-state index in [-0.39, 0.29) is 0 Å². The van der Waals surface area contributed by atoms with Gasteiger partial charge < -0.3 is 10.6 Å². The first-order valence-electron chi connectivity index (χ1n) is 5.23. The Morgan fingerprint density at radius 2 is 2.00 bits per heavy atom. The summed E-state index contributed by atoms with van der Waals surface area (Å²) in [6, 6.07) is 9.84. The van der Waals surface area contributed by atoms with E-state index in [1.807, 2.05) is 37.3 Å². The second-order valence-electron chi connectivity index (χ2n) is 3.60. The van der Waals surface area contributed by atoms with Crippen LogP contribution in [0.4, 0.5) is 17.5 Å². The average Bonchev–Trinajstić information content (AvgIpc) is 2.28. The summed E-state index contributed by atoms with van der Waals surface area (Å²) in [6.07, 6.45) is 0. The SMILES string of the molecule is CNc1nc(C)cc(Nc2cccc(Br)c2)n1. The van der Waals surface area contributed by atoms with E-state index in [9.17, 15) is 0 Å². The van der Waals surface area contributed by atoms with Crippen molar-refractivity contribution in [2.45, 2.75) is 6.92 Å². The van der Waals surface area contributed by atoms with Crippen LogP contribution >= 0.6 is 15.9 Å². The molecule has 2 rings (SSSR count). The Labute approximate surface area is 109 Å². The Hall–Kier alpha value is -1.62. The van der Waals surface area contributed by atoms with Gasteiger partial charge in [0.1, 0.15) is 5.82 Å². The quantitative estimate of drug-likeness (QED) is 0.911. The number of hydrogen-bond acceptors (Lipinski definition) is 4. The second-order valence-corrected chi connectivity index (χ2v) is 4.52. The minimum atomic E-state index is 0.613. The van der Waals surface area contributed by atoms with Crippen LogP contribution in [0.3, 0.4) is 0 Å². The van der Waals surface area contributed by atoms with Gasteiger partial charge in [-0.3, -0.25) is 0 Å². The summed E-state index contributed by atoms with van der Waals surface area (Å²) in [7, 11) is 1.80. The molecule has 0 fully saturated rings. The van der Waals surface area contributed by atoms with Gasteiger partial charge in [-0.2, -0.15) is 4.98 Å². The third-order valence-corrected chi connectivity index (χ3v) is 2.67. The van der Waals surface area contributed by atoms with Crippen LogP contribution in [-0.2, 0) is 0 Å². The second kappa shape index (κ2) is 5.14. The number of rotatable bonds is 3. The number of anilines is 3. The molecule has 88 valence electrons. The van der Waals surface area contributed by atoms with E-state index in [1.165, 1.54) is 0 Å². The zero-order valence-corrected chi connectivity index (χ0v) is 11.2. The van der Waals surface area contributed by atoms with E-state index < -0.39 is 0 Å². The van der Waals surface area contributed by atoms with Crippen molar-refractivity contribution in [2.24, 2.45) is 0 Å². The van der Waals surface area contributed by atoms with Crippen LogP contribution in [0.15, 0.2) is 34.8 Å². The molecule has 0 aliphatic carbocycles. The number of aromatic nitrogens is 2. The van der Waals surface area contributed by atoms with E-state index in [2.05, 4.69) is 36.5 Å². The van der Waals surface area contributed by atoms with Crippen molar-refractivity contribution < 1.29 is 0 Å². The molecule has 0 bridgehead atoms.